The van der Waals surface area contributed by atoms with Crippen LogP contribution in [0, 0.1) is 0 Å². The van der Waals surface area contributed by atoms with Gasteiger partial charge in [0.1, 0.15) is 0 Å². The fraction of sp³-hybridized carbons (Fsp3) is 0.190. The van der Waals surface area contributed by atoms with E-state index < -0.39 is 21.9 Å². The zero-order valence-corrected chi connectivity index (χ0v) is 16.4. The number of urea groups is 1. The fourth-order valence-corrected chi connectivity index (χ4v) is 6.35. The van der Waals surface area contributed by atoms with Crippen LogP contribution in [0.25, 0.3) is 10.8 Å². The summed E-state index contributed by atoms with van der Waals surface area (Å²) in [5, 5.41) is 2.51. The second kappa shape index (κ2) is 6.22. The molecule has 0 radical (unpaired) electrons. The molecule has 5 nitrogen and oxygen atoms in total. The van der Waals surface area contributed by atoms with Gasteiger partial charge in [-0.2, -0.15) is 0 Å². The Kier molecular flexibility index (Phi) is 3.89. The number of carbonyl (C=O) groups excluding carboxylic acids is 1. The van der Waals surface area contributed by atoms with Gasteiger partial charge in [-0.1, -0.05) is 48.0 Å². The Balaban J connectivity index is 1.67. The maximum Gasteiger partial charge on any atom is 0.329 e. The minimum atomic E-state index is -3.23. The lowest BCUT2D eigenvalue weighted by atomic mass is 10.1. The van der Waals surface area contributed by atoms with E-state index >= 15 is 0 Å². The summed E-state index contributed by atoms with van der Waals surface area (Å²) < 4.78 is 24.9. The van der Waals surface area contributed by atoms with E-state index in [1.54, 1.807) is 34.1 Å². The Labute approximate surface area is 168 Å². The van der Waals surface area contributed by atoms with Crippen LogP contribution in [0.4, 0.5) is 16.2 Å². The molecule has 7 heteroatoms. The molecule has 2 atom stereocenters. The van der Waals surface area contributed by atoms with Gasteiger partial charge in [-0.25, -0.2) is 13.2 Å². The molecular formula is C21H17ClN2O3S. The molecule has 2 aliphatic heterocycles. The largest absolute Gasteiger partial charge is 0.329 e. The first-order valence-electron chi connectivity index (χ1n) is 9.01. The Morgan fingerprint density at radius 3 is 2.21 bits per heavy atom. The number of hydrogen-bond donors (Lipinski definition) is 0. The monoisotopic (exact) mass is 412 g/mol. The van der Waals surface area contributed by atoms with Gasteiger partial charge in [-0.05, 0) is 35.7 Å². The number of benzene rings is 3. The second-order valence-electron chi connectivity index (χ2n) is 7.21. The first kappa shape index (κ1) is 17.5. The summed E-state index contributed by atoms with van der Waals surface area (Å²) in [5.41, 5.74) is 1.40. The van der Waals surface area contributed by atoms with Gasteiger partial charge in [-0.3, -0.25) is 9.80 Å². The Bertz CT molecular complexity index is 1190. The molecule has 142 valence electrons. The Morgan fingerprint density at radius 2 is 1.46 bits per heavy atom. The van der Waals surface area contributed by atoms with Crippen LogP contribution in [0.15, 0.2) is 66.7 Å². The highest BCUT2D eigenvalue weighted by molar-refractivity contribution is 7.91. The highest BCUT2D eigenvalue weighted by Gasteiger charge is 2.54. The molecule has 3 aromatic rings. The molecular weight excluding hydrogens is 396 g/mol. The zero-order valence-electron chi connectivity index (χ0n) is 14.8. The van der Waals surface area contributed by atoms with Crippen molar-refractivity contribution in [3.63, 3.8) is 0 Å². The third-order valence-electron chi connectivity index (χ3n) is 5.50. The number of halogens is 1. The fourth-order valence-electron chi connectivity index (χ4n) is 4.31. The van der Waals surface area contributed by atoms with E-state index in [0.717, 1.165) is 16.5 Å². The molecule has 28 heavy (non-hydrogen) atoms. The van der Waals surface area contributed by atoms with Crippen LogP contribution < -0.4 is 9.80 Å². The van der Waals surface area contributed by atoms with Gasteiger partial charge in [-0.15, -0.1) is 0 Å². The Morgan fingerprint density at radius 1 is 0.821 bits per heavy atom. The topological polar surface area (TPSA) is 57.7 Å². The van der Waals surface area contributed by atoms with E-state index in [2.05, 4.69) is 0 Å². The summed E-state index contributed by atoms with van der Waals surface area (Å²) in [6.07, 6.45) is 0. The maximum absolute atomic E-state index is 13.5. The molecule has 3 aromatic carbocycles. The van der Waals surface area contributed by atoms with Gasteiger partial charge in [0.15, 0.2) is 9.84 Å². The first-order chi connectivity index (χ1) is 13.4. The van der Waals surface area contributed by atoms with Crippen LogP contribution in [-0.4, -0.2) is 38.0 Å². The van der Waals surface area contributed by atoms with E-state index in [4.69, 9.17) is 11.6 Å². The van der Waals surface area contributed by atoms with Crippen molar-refractivity contribution in [3.05, 3.63) is 71.8 Å². The Hall–Kier alpha value is -2.57. The van der Waals surface area contributed by atoms with E-state index in [1.165, 1.54) is 0 Å². The van der Waals surface area contributed by atoms with Crippen LogP contribution in [0.3, 0.4) is 0 Å². The molecule has 0 unspecified atom stereocenters. The van der Waals surface area contributed by atoms with Crippen molar-refractivity contribution in [2.24, 2.45) is 0 Å². The van der Waals surface area contributed by atoms with Crippen LogP contribution >= 0.6 is 11.6 Å². The summed E-state index contributed by atoms with van der Waals surface area (Å²) in [5.74, 6) is -0.0655. The first-order valence-corrected chi connectivity index (χ1v) is 11.2. The van der Waals surface area contributed by atoms with Gasteiger partial charge < -0.3 is 0 Å². The maximum atomic E-state index is 13.5. The summed E-state index contributed by atoms with van der Waals surface area (Å²) in [4.78, 5) is 16.7. The highest BCUT2D eigenvalue weighted by atomic mass is 35.5. The van der Waals surface area contributed by atoms with Gasteiger partial charge in [0.25, 0.3) is 0 Å². The average Bonchev–Trinajstić information content (AvgIpc) is 3.11. The van der Waals surface area contributed by atoms with Crippen LogP contribution in [0.5, 0.6) is 0 Å². The summed E-state index contributed by atoms with van der Waals surface area (Å²) in [7, 11) is -3.23. The summed E-state index contributed by atoms with van der Waals surface area (Å²) >= 11 is 5.99. The van der Waals surface area contributed by atoms with E-state index in [9.17, 15) is 13.2 Å². The minimum absolute atomic E-state index is 0.0310. The van der Waals surface area contributed by atoms with Crippen LogP contribution in [0.1, 0.15) is 0 Å². The highest BCUT2D eigenvalue weighted by Crippen LogP contribution is 2.40. The van der Waals surface area contributed by atoms with Gasteiger partial charge in [0.05, 0.1) is 29.3 Å². The molecule has 2 heterocycles. The summed E-state index contributed by atoms with van der Waals surface area (Å²) in [6, 6.07) is 19.5. The lowest BCUT2D eigenvalue weighted by molar-refractivity contribution is 0.255. The van der Waals surface area contributed by atoms with Crippen molar-refractivity contribution in [2.45, 2.75) is 12.1 Å². The standard InChI is InChI=1S/C21H17ClN2O3S/c22-15-8-10-16(11-9-15)23-19-12-28(26,27)13-20(19)24(21(23)25)18-7-3-5-14-4-1-2-6-17(14)18/h1-11,19-20H,12-13H2/t19-,20-/m1/s1. The summed E-state index contributed by atoms with van der Waals surface area (Å²) in [6.45, 7) is 0. The molecule has 5 rings (SSSR count). The lowest BCUT2D eigenvalue weighted by Gasteiger charge is -2.24. The lowest BCUT2D eigenvalue weighted by Crippen LogP contribution is -2.38. The minimum Gasteiger partial charge on any atom is -0.288 e. The number of hydrogen-bond acceptors (Lipinski definition) is 3. The molecule has 0 bridgehead atoms. The number of anilines is 2. The van der Waals surface area contributed by atoms with E-state index in [-0.39, 0.29) is 17.5 Å². The molecule has 0 aromatic heterocycles. The van der Waals surface area contributed by atoms with Gasteiger partial charge >= 0.3 is 6.03 Å². The van der Waals surface area contributed by atoms with E-state index in [0.29, 0.717) is 10.7 Å². The molecule has 0 saturated carbocycles. The number of sulfone groups is 1. The number of amides is 2. The van der Waals surface area contributed by atoms with Gasteiger partial charge in [0.2, 0.25) is 0 Å². The van der Waals surface area contributed by atoms with Crippen molar-refractivity contribution in [2.75, 3.05) is 21.3 Å². The number of fused-ring (bicyclic) bond motifs is 2. The molecule has 2 aliphatic rings. The van der Waals surface area contributed by atoms with Crippen LogP contribution in [-0.2, 0) is 9.84 Å². The second-order valence-corrected chi connectivity index (χ2v) is 9.80. The number of rotatable bonds is 2. The molecule has 2 saturated heterocycles. The van der Waals surface area contributed by atoms with Crippen molar-refractivity contribution in [1.82, 2.24) is 0 Å². The predicted molar refractivity (Wildman–Crippen MR) is 112 cm³/mol. The average molecular weight is 413 g/mol. The van der Waals surface area contributed by atoms with Crippen molar-refractivity contribution in [1.29, 1.82) is 0 Å². The normalized spacial score (nSPS) is 23.4. The zero-order chi connectivity index (χ0) is 19.5. The smallest absolute Gasteiger partial charge is 0.288 e. The van der Waals surface area contributed by atoms with Crippen LogP contribution in [0.2, 0.25) is 5.02 Å². The molecule has 2 fully saturated rings. The predicted octanol–water partition coefficient (Wildman–Crippen LogP) is 4.11. The quantitative estimate of drug-likeness (QED) is 0.595. The molecule has 0 N–H and O–H groups in total. The van der Waals surface area contributed by atoms with Crippen molar-refractivity contribution < 1.29 is 13.2 Å². The van der Waals surface area contributed by atoms with Gasteiger partial charge in [0, 0.05) is 16.1 Å². The number of nitrogens with zero attached hydrogens (tertiary/aromatic N) is 2. The number of carbonyl (C=O) groups is 1. The van der Waals surface area contributed by atoms with Crippen molar-refractivity contribution in [3.8, 4) is 0 Å². The molecule has 0 aliphatic carbocycles. The third kappa shape index (κ3) is 2.67. The SMILES string of the molecule is O=C1N(c2ccc(Cl)cc2)[C@@H]2CS(=O)(=O)C[C@H]2N1c1cccc2ccccc12. The molecule has 0 spiro atoms. The van der Waals surface area contributed by atoms with Crippen molar-refractivity contribution >= 4 is 49.6 Å². The molecule has 2 amide bonds. The van der Waals surface area contributed by atoms with E-state index in [1.807, 2.05) is 42.5 Å². The third-order valence-corrected chi connectivity index (χ3v) is 7.45.